The van der Waals surface area contributed by atoms with Crippen molar-refractivity contribution in [3.05, 3.63) is 35.4 Å². The van der Waals surface area contributed by atoms with E-state index in [1.54, 1.807) is 12.1 Å². The lowest BCUT2D eigenvalue weighted by atomic mass is 10.0. The van der Waals surface area contributed by atoms with Crippen LogP contribution in [0.15, 0.2) is 24.3 Å². The summed E-state index contributed by atoms with van der Waals surface area (Å²) in [5, 5.41) is 8.68. The summed E-state index contributed by atoms with van der Waals surface area (Å²) in [6.45, 7) is 2.16. The zero-order valence-corrected chi connectivity index (χ0v) is 11.2. The van der Waals surface area contributed by atoms with Gasteiger partial charge in [0.05, 0.1) is 11.6 Å². The largest absolute Gasteiger partial charge is 0.247 e. The Morgan fingerprint density at radius 3 is 2.44 bits per heavy atom. The smallest absolute Gasteiger partial charge is 0.100 e. The maximum atomic E-state index is 13.6. The number of hydrogen-bond donors (Lipinski definition) is 0. The van der Waals surface area contributed by atoms with Crippen molar-refractivity contribution in [3.8, 4) is 6.07 Å². The van der Waals surface area contributed by atoms with Crippen molar-refractivity contribution in [1.82, 2.24) is 0 Å². The Morgan fingerprint density at radius 1 is 1.11 bits per heavy atom. The highest BCUT2D eigenvalue weighted by Gasteiger charge is 2.06. The Morgan fingerprint density at radius 2 is 1.83 bits per heavy atom. The third kappa shape index (κ3) is 5.82. The van der Waals surface area contributed by atoms with E-state index in [1.165, 1.54) is 12.8 Å². The van der Waals surface area contributed by atoms with Crippen molar-refractivity contribution < 1.29 is 4.39 Å². The van der Waals surface area contributed by atoms with Gasteiger partial charge < -0.3 is 0 Å². The second-order valence-electron chi connectivity index (χ2n) is 4.79. The maximum absolute atomic E-state index is 13.6. The molecule has 1 aromatic carbocycles. The monoisotopic (exact) mass is 247 g/mol. The second-order valence-corrected chi connectivity index (χ2v) is 4.79. The van der Waals surface area contributed by atoms with E-state index in [0.717, 1.165) is 24.8 Å². The minimum absolute atomic E-state index is 0.595. The topological polar surface area (TPSA) is 23.8 Å². The first-order valence-electron chi connectivity index (χ1n) is 6.89. The lowest BCUT2D eigenvalue weighted by Crippen LogP contribution is -2.02. The van der Waals surface area contributed by atoms with Crippen LogP contribution in [0.25, 0.3) is 0 Å². The van der Waals surface area contributed by atoms with Crippen molar-refractivity contribution in [3.63, 3.8) is 0 Å². The first-order chi connectivity index (χ1) is 8.76. The van der Waals surface area contributed by atoms with Gasteiger partial charge in [0, 0.05) is 0 Å². The highest BCUT2D eigenvalue weighted by atomic mass is 19.1. The number of nitrogens with zero attached hydrogens (tertiary/aromatic N) is 1. The molecule has 0 fully saturated rings. The summed E-state index contributed by atoms with van der Waals surface area (Å²) in [5.74, 6) is 0. The van der Waals surface area contributed by atoms with Gasteiger partial charge in [0.2, 0.25) is 0 Å². The Balaban J connectivity index is 2.21. The summed E-state index contributed by atoms with van der Waals surface area (Å²) >= 11 is 0. The van der Waals surface area contributed by atoms with Gasteiger partial charge in [-0.3, -0.25) is 0 Å². The number of halogens is 1. The van der Waals surface area contributed by atoms with Gasteiger partial charge in [0.1, 0.15) is 6.17 Å². The van der Waals surface area contributed by atoms with E-state index in [2.05, 4.69) is 13.0 Å². The zero-order valence-electron chi connectivity index (χ0n) is 11.2. The number of aryl methyl sites for hydroxylation is 1. The van der Waals surface area contributed by atoms with Gasteiger partial charge in [0.25, 0.3) is 0 Å². The molecular weight excluding hydrogens is 225 g/mol. The van der Waals surface area contributed by atoms with E-state index in [9.17, 15) is 4.39 Å². The van der Waals surface area contributed by atoms with Crippen LogP contribution in [0.1, 0.15) is 56.6 Å². The fourth-order valence-corrected chi connectivity index (χ4v) is 2.01. The van der Waals surface area contributed by atoms with E-state index in [1.807, 2.05) is 12.1 Å². The molecule has 98 valence electrons. The third-order valence-corrected chi connectivity index (χ3v) is 3.20. The van der Waals surface area contributed by atoms with Crippen LogP contribution in [0, 0.1) is 11.3 Å². The summed E-state index contributed by atoms with van der Waals surface area (Å²) < 4.78 is 13.6. The zero-order chi connectivity index (χ0) is 13.2. The SMILES string of the molecule is CCCCCC[C@H](F)CCc1ccc(C#N)cc1. The number of benzene rings is 1. The molecule has 0 N–H and O–H groups in total. The molecule has 0 aliphatic rings. The fourth-order valence-electron chi connectivity index (χ4n) is 2.01. The summed E-state index contributed by atoms with van der Waals surface area (Å²) in [5.41, 5.74) is 1.78. The van der Waals surface area contributed by atoms with Crippen molar-refractivity contribution in [2.45, 2.75) is 58.0 Å². The first-order valence-corrected chi connectivity index (χ1v) is 6.89. The number of alkyl halides is 1. The summed E-state index contributed by atoms with van der Waals surface area (Å²) in [4.78, 5) is 0. The summed E-state index contributed by atoms with van der Waals surface area (Å²) in [6.07, 6.45) is 5.92. The Kier molecular flexibility index (Phi) is 7.10. The van der Waals surface area contributed by atoms with Crippen molar-refractivity contribution in [2.24, 2.45) is 0 Å². The van der Waals surface area contributed by atoms with Crippen LogP contribution >= 0.6 is 0 Å². The molecule has 2 heteroatoms. The molecule has 0 amide bonds. The van der Waals surface area contributed by atoms with Crippen LogP contribution in [0.2, 0.25) is 0 Å². The Hall–Kier alpha value is -1.36. The van der Waals surface area contributed by atoms with Crippen LogP contribution in [0.3, 0.4) is 0 Å². The molecule has 0 saturated carbocycles. The molecule has 0 aromatic heterocycles. The normalized spacial score (nSPS) is 12.1. The van der Waals surface area contributed by atoms with Crippen LogP contribution in [0.4, 0.5) is 4.39 Å². The predicted molar refractivity (Wildman–Crippen MR) is 73.1 cm³/mol. The van der Waals surface area contributed by atoms with Crippen molar-refractivity contribution >= 4 is 0 Å². The lowest BCUT2D eigenvalue weighted by Gasteiger charge is -2.08. The van der Waals surface area contributed by atoms with Gasteiger partial charge in [0.15, 0.2) is 0 Å². The molecule has 0 aliphatic heterocycles. The number of hydrogen-bond acceptors (Lipinski definition) is 1. The van der Waals surface area contributed by atoms with E-state index >= 15 is 0 Å². The summed E-state index contributed by atoms with van der Waals surface area (Å²) in [7, 11) is 0. The molecule has 0 spiro atoms. The van der Waals surface area contributed by atoms with Crippen LogP contribution < -0.4 is 0 Å². The molecule has 0 radical (unpaired) electrons. The minimum atomic E-state index is -0.683. The van der Waals surface area contributed by atoms with Crippen LogP contribution in [-0.4, -0.2) is 6.17 Å². The standard InChI is InChI=1S/C16H22FN/c1-2-3-4-5-6-16(17)12-11-14-7-9-15(13-18)10-8-14/h7-10,16H,2-6,11-12H2,1H3/t16-/m0/s1. The van der Waals surface area contributed by atoms with E-state index in [4.69, 9.17) is 5.26 Å². The maximum Gasteiger partial charge on any atom is 0.100 e. The fraction of sp³-hybridized carbons (Fsp3) is 0.562. The second kappa shape index (κ2) is 8.69. The molecule has 0 unspecified atom stereocenters. The van der Waals surface area contributed by atoms with Gasteiger partial charge in [-0.1, -0.05) is 44.7 Å². The molecular formula is C16H22FN. The van der Waals surface area contributed by atoms with Gasteiger partial charge in [-0.05, 0) is 37.0 Å². The van der Waals surface area contributed by atoms with Crippen LogP contribution in [-0.2, 0) is 6.42 Å². The number of nitriles is 1. The Bertz CT molecular complexity index is 364. The van der Waals surface area contributed by atoms with E-state index in [0.29, 0.717) is 18.4 Å². The molecule has 0 saturated heterocycles. The average Bonchev–Trinajstić information content (AvgIpc) is 2.42. The molecule has 18 heavy (non-hydrogen) atoms. The highest BCUT2D eigenvalue weighted by molar-refractivity contribution is 5.31. The average molecular weight is 247 g/mol. The summed E-state index contributed by atoms with van der Waals surface area (Å²) in [6, 6.07) is 9.51. The third-order valence-electron chi connectivity index (χ3n) is 3.20. The predicted octanol–water partition coefficient (Wildman–Crippen LogP) is 4.80. The molecule has 0 bridgehead atoms. The highest BCUT2D eigenvalue weighted by Crippen LogP contribution is 2.14. The van der Waals surface area contributed by atoms with Gasteiger partial charge >= 0.3 is 0 Å². The van der Waals surface area contributed by atoms with Crippen LogP contribution in [0.5, 0.6) is 0 Å². The van der Waals surface area contributed by atoms with E-state index < -0.39 is 6.17 Å². The molecule has 0 aliphatic carbocycles. The molecule has 1 aromatic rings. The molecule has 1 rings (SSSR count). The van der Waals surface area contributed by atoms with Crippen molar-refractivity contribution in [1.29, 1.82) is 5.26 Å². The first kappa shape index (κ1) is 14.7. The molecule has 1 atom stereocenters. The molecule has 1 nitrogen and oxygen atoms in total. The van der Waals surface area contributed by atoms with Gasteiger partial charge in [-0.15, -0.1) is 0 Å². The minimum Gasteiger partial charge on any atom is -0.247 e. The quantitative estimate of drug-likeness (QED) is 0.605. The molecule has 0 heterocycles. The van der Waals surface area contributed by atoms with Crippen molar-refractivity contribution in [2.75, 3.05) is 0 Å². The van der Waals surface area contributed by atoms with Gasteiger partial charge in [-0.25, -0.2) is 4.39 Å². The lowest BCUT2D eigenvalue weighted by molar-refractivity contribution is 0.288. The number of unbranched alkanes of at least 4 members (excludes halogenated alkanes) is 3. The van der Waals surface area contributed by atoms with Gasteiger partial charge in [-0.2, -0.15) is 5.26 Å². The van der Waals surface area contributed by atoms with E-state index in [-0.39, 0.29) is 0 Å². The Labute approximate surface area is 110 Å². The number of rotatable bonds is 8.